The van der Waals surface area contributed by atoms with Crippen LogP contribution in [0.3, 0.4) is 0 Å². The van der Waals surface area contributed by atoms with Crippen molar-refractivity contribution in [3.8, 4) is 0 Å². The molecule has 0 aliphatic rings. The molecular weight excluding hydrogens is 322 g/mol. The molecule has 0 aromatic heterocycles. The Bertz CT molecular complexity index is 755. The monoisotopic (exact) mass is 343 g/mol. The van der Waals surface area contributed by atoms with E-state index in [1.165, 1.54) is 0 Å². The molecule has 0 aliphatic carbocycles. The lowest BCUT2D eigenvalue weighted by atomic mass is 9.99. The van der Waals surface area contributed by atoms with Gasteiger partial charge in [0.2, 0.25) is 5.91 Å². The van der Waals surface area contributed by atoms with Crippen LogP contribution in [-0.2, 0) is 4.79 Å². The quantitative estimate of drug-likeness (QED) is 0.766. The van der Waals surface area contributed by atoms with E-state index in [0.29, 0.717) is 10.6 Å². The Balaban J connectivity index is 1.91. The first-order valence-corrected chi connectivity index (χ1v) is 8.40. The van der Waals surface area contributed by atoms with E-state index >= 15 is 0 Å². The summed E-state index contributed by atoms with van der Waals surface area (Å²) in [4.78, 5) is 24.4. The molecule has 126 valence electrons. The highest BCUT2D eigenvalue weighted by Crippen LogP contribution is 2.18. The van der Waals surface area contributed by atoms with Gasteiger partial charge in [0, 0.05) is 23.4 Å². The van der Waals surface area contributed by atoms with E-state index < -0.39 is 0 Å². The largest absolute Gasteiger partial charge is 0.350 e. The van der Waals surface area contributed by atoms with Gasteiger partial charge < -0.3 is 5.32 Å². The summed E-state index contributed by atoms with van der Waals surface area (Å²) in [6.45, 7) is 5.76. The van der Waals surface area contributed by atoms with Gasteiger partial charge in [0.15, 0.2) is 5.78 Å². The van der Waals surface area contributed by atoms with Crippen molar-refractivity contribution in [2.45, 2.75) is 39.7 Å². The van der Waals surface area contributed by atoms with Crippen molar-refractivity contribution in [3.05, 3.63) is 69.7 Å². The minimum absolute atomic E-state index is 0.00163. The molecule has 0 saturated carbocycles. The summed E-state index contributed by atoms with van der Waals surface area (Å²) in [5.74, 6) is -0.136. The fourth-order valence-electron chi connectivity index (χ4n) is 2.57. The number of benzene rings is 2. The third kappa shape index (κ3) is 4.93. The molecule has 0 radical (unpaired) electrons. The zero-order chi connectivity index (χ0) is 17.7. The van der Waals surface area contributed by atoms with E-state index in [-0.39, 0.29) is 30.6 Å². The highest BCUT2D eigenvalue weighted by Gasteiger charge is 2.14. The molecule has 3 nitrogen and oxygen atoms in total. The lowest BCUT2D eigenvalue weighted by Crippen LogP contribution is -2.27. The maximum absolute atomic E-state index is 12.3. The topological polar surface area (TPSA) is 46.2 Å². The molecule has 2 aromatic carbocycles. The lowest BCUT2D eigenvalue weighted by Gasteiger charge is -2.14. The Morgan fingerprint density at radius 3 is 2.54 bits per heavy atom. The standard InChI is InChI=1S/C20H22ClNO2/c1-13-7-8-14(2)18(11-13)19(23)9-10-20(24)22-15(3)16-5-4-6-17(21)12-16/h4-8,11-12,15H,9-10H2,1-3H3,(H,22,24). The predicted octanol–water partition coefficient (Wildman–Crippen LogP) is 4.80. The molecule has 2 rings (SSSR count). The van der Waals surface area contributed by atoms with Crippen molar-refractivity contribution in [2.75, 3.05) is 0 Å². The molecule has 24 heavy (non-hydrogen) atoms. The second-order valence-electron chi connectivity index (χ2n) is 6.09. The first-order valence-electron chi connectivity index (χ1n) is 8.02. The summed E-state index contributed by atoms with van der Waals surface area (Å²) in [6, 6.07) is 13.0. The van der Waals surface area contributed by atoms with Crippen molar-refractivity contribution in [2.24, 2.45) is 0 Å². The molecule has 0 bridgehead atoms. The Hall–Kier alpha value is -2.13. The normalized spacial score (nSPS) is 11.8. The zero-order valence-corrected chi connectivity index (χ0v) is 15.0. The molecular formula is C20H22ClNO2. The number of carbonyl (C=O) groups is 2. The van der Waals surface area contributed by atoms with Crippen molar-refractivity contribution in [1.82, 2.24) is 5.32 Å². The molecule has 2 aromatic rings. The maximum atomic E-state index is 12.3. The molecule has 0 aliphatic heterocycles. The van der Waals surface area contributed by atoms with Crippen LogP contribution in [0.4, 0.5) is 0 Å². The number of amides is 1. The molecule has 1 unspecified atom stereocenters. The summed E-state index contributed by atoms with van der Waals surface area (Å²) < 4.78 is 0. The third-order valence-electron chi connectivity index (χ3n) is 4.00. The summed E-state index contributed by atoms with van der Waals surface area (Å²) >= 11 is 5.97. The number of rotatable bonds is 6. The van der Waals surface area contributed by atoms with E-state index in [9.17, 15) is 9.59 Å². The molecule has 1 N–H and O–H groups in total. The van der Waals surface area contributed by atoms with Crippen molar-refractivity contribution >= 4 is 23.3 Å². The first-order chi connectivity index (χ1) is 11.4. The Labute approximate surface area is 148 Å². The van der Waals surface area contributed by atoms with Gasteiger partial charge in [0.05, 0.1) is 6.04 Å². The third-order valence-corrected chi connectivity index (χ3v) is 4.23. The highest BCUT2D eigenvalue weighted by molar-refractivity contribution is 6.30. The minimum Gasteiger partial charge on any atom is -0.350 e. The maximum Gasteiger partial charge on any atom is 0.220 e. The van der Waals surface area contributed by atoms with Crippen LogP contribution in [0.25, 0.3) is 0 Å². The average Bonchev–Trinajstić information content (AvgIpc) is 2.54. The Kier molecular flexibility index (Phi) is 6.16. The van der Waals surface area contributed by atoms with Crippen molar-refractivity contribution in [3.63, 3.8) is 0 Å². The van der Waals surface area contributed by atoms with Gasteiger partial charge in [-0.1, -0.05) is 41.4 Å². The van der Waals surface area contributed by atoms with Gasteiger partial charge in [-0.3, -0.25) is 9.59 Å². The van der Waals surface area contributed by atoms with Gasteiger partial charge in [-0.05, 0) is 50.1 Å². The van der Waals surface area contributed by atoms with Crippen LogP contribution in [0.1, 0.15) is 52.9 Å². The first kappa shape index (κ1) is 18.2. The molecule has 4 heteroatoms. The fourth-order valence-corrected chi connectivity index (χ4v) is 2.77. The van der Waals surface area contributed by atoms with Gasteiger partial charge in [-0.25, -0.2) is 0 Å². The van der Waals surface area contributed by atoms with Gasteiger partial charge in [0.25, 0.3) is 0 Å². The van der Waals surface area contributed by atoms with E-state index in [1.54, 1.807) is 6.07 Å². The van der Waals surface area contributed by atoms with E-state index in [2.05, 4.69) is 5.32 Å². The van der Waals surface area contributed by atoms with Crippen LogP contribution in [0.2, 0.25) is 5.02 Å². The molecule has 0 heterocycles. The second-order valence-corrected chi connectivity index (χ2v) is 6.52. The van der Waals surface area contributed by atoms with E-state index in [0.717, 1.165) is 16.7 Å². The van der Waals surface area contributed by atoms with Crippen LogP contribution in [0.15, 0.2) is 42.5 Å². The molecule has 0 saturated heterocycles. The van der Waals surface area contributed by atoms with Gasteiger partial charge >= 0.3 is 0 Å². The SMILES string of the molecule is Cc1ccc(C)c(C(=O)CCC(=O)NC(C)c2cccc(Cl)c2)c1. The van der Waals surface area contributed by atoms with E-state index in [4.69, 9.17) is 11.6 Å². The zero-order valence-electron chi connectivity index (χ0n) is 14.2. The number of hydrogen-bond acceptors (Lipinski definition) is 2. The van der Waals surface area contributed by atoms with Crippen LogP contribution in [0.5, 0.6) is 0 Å². The molecule has 0 fully saturated rings. The Morgan fingerprint density at radius 2 is 1.83 bits per heavy atom. The fraction of sp³-hybridized carbons (Fsp3) is 0.300. The average molecular weight is 344 g/mol. The number of aryl methyl sites for hydroxylation is 2. The second kappa shape index (κ2) is 8.11. The van der Waals surface area contributed by atoms with Gasteiger partial charge in [-0.15, -0.1) is 0 Å². The number of carbonyl (C=O) groups excluding carboxylic acids is 2. The van der Waals surface area contributed by atoms with E-state index in [1.807, 2.05) is 57.2 Å². The summed E-state index contributed by atoms with van der Waals surface area (Å²) in [5, 5.41) is 3.54. The van der Waals surface area contributed by atoms with Gasteiger partial charge in [-0.2, -0.15) is 0 Å². The molecule has 1 amide bonds. The van der Waals surface area contributed by atoms with Crippen molar-refractivity contribution in [1.29, 1.82) is 0 Å². The number of nitrogens with one attached hydrogen (secondary N) is 1. The summed E-state index contributed by atoms with van der Waals surface area (Å²) in [7, 11) is 0. The highest BCUT2D eigenvalue weighted by atomic mass is 35.5. The van der Waals surface area contributed by atoms with Crippen LogP contribution < -0.4 is 5.32 Å². The number of halogens is 1. The molecule has 1 atom stereocenters. The predicted molar refractivity (Wildman–Crippen MR) is 97.5 cm³/mol. The van der Waals surface area contributed by atoms with Crippen LogP contribution >= 0.6 is 11.6 Å². The Morgan fingerprint density at radius 1 is 1.08 bits per heavy atom. The summed E-state index contributed by atoms with van der Waals surface area (Å²) in [5.41, 5.74) is 3.63. The van der Waals surface area contributed by atoms with Crippen LogP contribution in [-0.4, -0.2) is 11.7 Å². The minimum atomic E-state index is -0.146. The number of Topliss-reactive ketones (excluding diaryl/α,β-unsaturated/α-hetero) is 1. The number of ketones is 1. The van der Waals surface area contributed by atoms with Crippen molar-refractivity contribution < 1.29 is 9.59 Å². The number of hydrogen-bond donors (Lipinski definition) is 1. The molecule has 0 spiro atoms. The summed E-state index contributed by atoms with van der Waals surface area (Å²) in [6.07, 6.45) is 0.384. The van der Waals surface area contributed by atoms with Crippen LogP contribution in [0, 0.1) is 13.8 Å². The van der Waals surface area contributed by atoms with Gasteiger partial charge in [0.1, 0.15) is 0 Å². The smallest absolute Gasteiger partial charge is 0.220 e. The lowest BCUT2D eigenvalue weighted by molar-refractivity contribution is -0.121.